The smallest absolute Gasteiger partial charge is 0.304 e. The van der Waals surface area contributed by atoms with Crippen LogP contribution in [0.15, 0.2) is 23.1 Å². The number of thioether (sulfide) groups is 1. The number of hydrogen-bond donors (Lipinski definition) is 1. The molecule has 0 aliphatic carbocycles. The molecule has 0 radical (unpaired) electrons. The van der Waals surface area contributed by atoms with Gasteiger partial charge in [-0.2, -0.15) is 0 Å². The molecule has 0 bridgehead atoms. The topological polar surface area (TPSA) is 46.5 Å². The van der Waals surface area contributed by atoms with Crippen LogP contribution >= 0.6 is 11.8 Å². The largest absolute Gasteiger partial charge is 0.496 e. The van der Waals surface area contributed by atoms with Gasteiger partial charge in [0.2, 0.25) is 0 Å². The number of ether oxygens (including phenoxy) is 1. The molecule has 1 N–H and O–H groups in total. The molecule has 15 heavy (non-hydrogen) atoms. The van der Waals surface area contributed by atoms with Crippen molar-refractivity contribution in [3.05, 3.63) is 24.0 Å². The third-order valence-corrected chi connectivity index (χ3v) is 2.74. The number of rotatable bonds is 5. The van der Waals surface area contributed by atoms with E-state index in [1.54, 1.807) is 0 Å². The number of carbonyl (C=O) groups is 1. The number of methoxy groups -OCH3 is 1. The molecule has 0 amide bonds. The minimum absolute atomic E-state index is 0.0460. The fraction of sp³-hybridized carbons (Fsp3) is 0.300. The van der Waals surface area contributed by atoms with E-state index in [2.05, 4.69) is 0 Å². The van der Waals surface area contributed by atoms with Crippen LogP contribution in [0.25, 0.3) is 0 Å². The Balaban J connectivity index is 2.65. The Labute approximate surface area is 91.2 Å². The van der Waals surface area contributed by atoms with Crippen molar-refractivity contribution in [3.8, 4) is 5.75 Å². The van der Waals surface area contributed by atoms with Crippen LogP contribution in [-0.2, 0) is 4.79 Å². The molecule has 5 heteroatoms. The van der Waals surface area contributed by atoms with E-state index in [1.165, 1.54) is 37.1 Å². The Morgan fingerprint density at radius 2 is 2.33 bits per heavy atom. The van der Waals surface area contributed by atoms with E-state index < -0.39 is 5.97 Å². The van der Waals surface area contributed by atoms with Crippen molar-refractivity contribution in [1.29, 1.82) is 0 Å². The second-order valence-electron chi connectivity index (χ2n) is 2.79. The molecule has 1 rings (SSSR count). The molecule has 0 saturated heterocycles. The molecule has 0 saturated carbocycles. The maximum atomic E-state index is 12.9. The first-order valence-corrected chi connectivity index (χ1v) is 5.30. The second-order valence-corrected chi connectivity index (χ2v) is 3.92. The average molecular weight is 230 g/mol. The molecular weight excluding hydrogens is 219 g/mol. The zero-order valence-electron chi connectivity index (χ0n) is 8.20. The minimum atomic E-state index is -0.863. The van der Waals surface area contributed by atoms with Gasteiger partial charge in [-0.3, -0.25) is 4.79 Å². The van der Waals surface area contributed by atoms with E-state index in [1.807, 2.05) is 0 Å². The zero-order valence-corrected chi connectivity index (χ0v) is 9.01. The molecule has 3 nitrogen and oxygen atoms in total. The van der Waals surface area contributed by atoms with E-state index in [-0.39, 0.29) is 12.2 Å². The highest BCUT2D eigenvalue weighted by Crippen LogP contribution is 2.30. The summed E-state index contributed by atoms with van der Waals surface area (Å²) in [5.74, 6) is -0.256. The Hall–Kier alpha value is -1.23. The zero-order chi connectivity index (χ0) is 11.3. The van der Waals surface area contributed by atoms with Crippen LogP contribution in [0.4, 0.5) is 4.39 Å². The van der Waals surface area contributed by atoms with E-state index in [9.17, 15) is 9.18 Å². The van der Waals surface area contributed by atoms with E-state index in [0.717, 1.165) is 0 Å². The number of benzene rings is 1. The second kappa shape index (κ2) is 5.60. The Kier molecular flexibility index (Phi) is 4.42. The lowest BCUT2D eigenvalue weighted by atomic mass is 10.3. The summed E-state index contributed by atoms with van der Waals surface area (Å²) < 4.78 is 17.9. The Morgan fingerprint density at radius 1 is 1.60 bits per heavy atom. The normalized spacial score (nSPS) is 10.0. The summed E-state index contributed by atoms with van der Waals surface area (Å²) in [6, 6.07) is 4.17. The Morgan fingerprint density at radius 3 is 2.93 bits per heavy atom. The third-order valence-electron chi connectivity index (χ3n) is 1.70. The van der Waals surface area contributed by atoms with Crippen LogP contribution in [0.3, 0.4) is 0 Å². The molecule has 0 heterocycles. The van der Waals surface area contributed by atoms with Gasteiger partial charge in [-0.15, -0.1) is 11.8 Å². The highest BCUT2D eigenvalue weighted by atomic mass is 32.2. The van der Waals surface area contributed by atoms with Gasteiger partial charge in [0, 0.05) is 5.75 Å². The molecule has 0 fully saturated rings. The Bertz CT molecular complexity index is 355. The SMILES string of the molecule is COc1ccc(F)cc1SCCC(=O)O. The molecule has 0 unspecified atom stereocenters. The molecule has 0 aliphatic heterocycles. The molecule has 82 valence electrons. The van der Waals surface area contributed by atoms with Crippen LogP contribution in [-0.4, -0.2) is 23.9 Å². The van der Waals surface area contributed by atoms with Crippen LogP contribution < -0.4 is 4.74 Å². The summed E-state index contributed by atoms with van der Waals surface area (Å²) in [7, 11) is 1.49. The number of aliphatic carboxylic acids is 1. The number of carboxylic acids is 1. The van der Waals surface area contributed by atoms with Crippen LogP contribution in [0, 0.1) is 5.82 Å². The van der Waals surface area contributed by atoms with E-state index in [4.69, 9.17) is 9.84 Å². The molecular formula is C10H11FO3S. The molecule has 1 aromatic rings. The first-order chi connectivity index (χ1) is 7.13. The quantitative estimate of drug-likeness (QED) is 0.789. The summed E-state index contributed by atoms with van der Waals surface area (Å²) >= 11 is 1.27. The van der Waals surface area contributed by atoms with Gasteiger partial charge in [0.15, 0.2) is 0 Å². The van der Waals surface area contributed by atoms with Gasteiger partial charge in [-0.25, -0.2) is 4.39 Å². The van der Waals surface area contributed by atoms with Gasteiger partial charge in [0.05, 0.1) is 18.4 Å². The third kappa shape index (κ3) is 3.79. The van der Waals surface area contributed by atoms with Crippen molar-refractivity contribution in [2.24, 2.45) is 0 Å². The van der Waals surface area contributed by atoms with E-state index >= 15 is 0 Å². The fourth-order valence-corrected chi connectivity index (χ4v) is 2.00. The lowest BCUT2D eigenvalue weighted by molar-refractivity contribution is -0.136. The van der Waals surface area contributed by atoms with Crippen LogP contribution in [0.5, 0.6) is 5.75 Å². The molecule has 0 spiro atoms. The van der Waals surface area contributed by atoms with Crippen molar-refractivity contribution >= 4 is 17.7 Å². The van der Waals surface area contributed by atoms with Crippen LogP contribution in [0.2, 0.25) is 0 Å². The van der Waals surface area contributed by atoms with Gasteiger partial charge in [-0.1, -0.05) is 0 Å². The van der Waals surface area contributed by atoms with Crippen molar-refractivity contribution in [3.63, 3.8) is 0 Å². The van der Waals surface area contributed by atoms with Crippen molar-refractivity contribution in [1.82, 2.24) is 0 Å². The number of hydrogen-bond acceptors (Lipinski definition) is 3. The molecule has 1 aromatic carbocycles. The lowest BCUT2D eigenvalue weighted by Crippen LogP contribution is -1.96. The summed E-state index contributed by atoms with van der Waals surface area (Å²) in [6.45, 7) is 0. The first-order valence-electron chi connectivity index (χ1n) is 4.31. The highest BCUT2D eigenvalue weighted by Gasteiger charge is 2.06. The maximum Gasteiger partial charge on any atom is 0.304 e. The summed E-state index contributed by atoms with van der Waals surface area (Å²) in [6.07, 6.45) is 0.0460. The van der Waals surface area contributed by atoms with E-state index in [0.29, 0.717) is 16.4 Å². The predicted octanol–water partition coefficient (Wildman–Crippen LogP) is 2.40. The van der Waals surface area contributed by atoms with Crippen molar-refractivity contribution in [2.75, 3.05) is 12.9 Å². The molecule has 0 aliphatic rings. The fourth-order valence-electron chi connectivity index (χ4n) is 1.01. The van der Waals surface area contributed by atoms with Gasteiger partial charge in [-0.05, 0) is 18.2 Å². The molecule has 0 aromatic heterocycles. The summed E-state index contributed by atoms with van der Waals surface area (Å²) in [5, 5.41) is 8.45. The van der Waals surface area contributed by atoms with Crippen LogP contribution in [0.1, 0.15) is 6.42 Å². The average Bonchev–Trinajstić information content (AvgIpc) is 2.17. The van der Waals surface area contributed by atoms with Crippen molar-refractivity contribution in [2.45, 2.75) is 11.3 Å². The van der Waals surface area contributed by atoms with Gasteiger partial charge in [0.1, 0.15) is 11.6 Å². The predicted molar refractivity (Wildman–Crippen MR) is 55.9 cm³/mol. The van der Waals surface area contributed by atoms with Gasteiger partial charge in [0.25, 0.3) is 0 Å². The lowest BCUT2D eigenvalue weighted by Gasteiger charge is -2.06. The van der Waals surface area contributed by atoms with Gasteiger partial charge >= 0.3 is 5.97 Å². The minimum Gasteiger partial charge on any atom is -0.496 e. The number of carboxylic acid groups (broad SMARTS) is 1. The summed E-state index contributed by atoms with van der Waals surface area (Å²) in [4.78, 5) is 10.9. The van der Waals surface area contributed by atoms with Crippen molar-refractivity contribution < 1.29 is 19.0 Å². The molecule has 0 atom stereocenters. The summed E-state index contributed by atoms with van der Waals surface area (Å²) in [5.41, 5.74) is 0. The van der Waals surface area contributed by atoms with Gasteiger partial charge < -0.3 is 9.84 Å². The number of halogens is 1. The highest BCUT2D eigenvalue weighted by molar-refractivity contribution is 7.99. The first kappa shape index (κ1) is 11.8. The standard InChI is InChI=1S/C10H11FO3S/c1-14-8-3-2-7(11)6-9(8)15-5-4-10(12)13/h2-3,6H,4-5H2,1H3,(H,12,13). The maximum absolute atomic E-state index is 12.9. The monoisotopic (exact) mass is 230 g/mol.